The van der Waals surface area contributed by atoms with E-state index in [4.69, 9.17) is 5.73 Å². The summed E-state index contributed by atoms with van der Waals surface area (Å²) in [7, 11) is 0. The van der Waals surface area contributed by atoms with Crippen LogP contribution >= 0.6 is 15.9 Å². The van der Waals surface area contributed by atoms with Crippen LogP contribution in [0.2, 0.25) is 0 Å². The minimum absolute atomic E-state index is 0.250. The van der Waals surface area contributed by atoms with E-state index in [0.717, 1.165) is 21.1 Å². The maximum absolute atomic E-state index is 12.4. The Hall–Kier alpha value is -2.34. The van der Waals surface area contributed by atoms with Crippen LogP contribution < -0.4 is 11.1 Å². The van der Waals surface area contributed by atoms with Gasteiger partial charge in [0.05, 0.1) is 11.0 Å². The van der Waals surface area contributed by atoms with Gasteiger partial charge in [-0.25, -0.2) is 4.98 Å². The van der Waals surface area contributed by atoms with Crippen LogP contribution in [0.1, 0.15) is 15.9 Å². The number of aromatic amines is 1. The van der Waals surface area contributed by atoms with Crippen molar-refractivity contribution >= 4 is 44.5 Å². The highest BCUT2D eigenvalue weighted by Crippen LogP contribution is 2.23. The fraction of sp³-hybridized carbons (Fsp3) is 0.0667. The lowest BCUT2D eigenvalue weighted by atomic mass is 10.1. The summed E-state index contributed by atoms with van der Waals surface area (Å²) >= 11 is 3.35. The molecule has 0 spiro atoms. The average molecular weight is 345 g/mol. The van der Waals surface area contributed by atoms with Crippen molar-refractivity contribution in [1.29, 1.82) is 0 Å². The van der Waals surface area contributed by atoms with Gasteiger partial charge in [0.2, 0.25) is 5.95 Å². The summed E-state index contributed by atoms with van der Waals surface area (Å²) in [6.45, 7) is 1.81. The second-order valence-corrected chi connectivity index (χ2v) is 5.64. The van der Waals surface area contributed by atoms with Crippen LogP contribution in [0.5, 0.6) is 0 Å². The van der Waals surface area contributed by atoms with Crippen molar-refractivity contribution in [1.82, 2.24) is 9.97 Å². The lowest BCUT2D eigenvalue weighted by Gasteiger charge is -2.08. The Morgan fingerprint density at radius 3 is 2.86 bits per heavy atom. The van der Waals surface area contributed by atoms with E-state index >= 15 is 0 Å². The first-order valence-corrected chi connectivity index (χ1v) is 7.15. The Labute approximate surface area is 129 Å². The molecular formula is C15H13BrN4O. The number of nitrogen functional groups attached to an aromatic ring is 1. The van der Waals surface area contributed by atoms with Crippen molar-refractivity contribution in [2.75, 3.05) is 11.1 Å². The molecule has 0 atom stereocenters. The van der Waals surface area contributed by atoms with Crippen LogP contribution in [0.25, 0.3) is 11.0 Å². The second kappa shape index (κ2) is 5.21. The van der Waals surface area contributed by atoms with Crippen LogP contribution in [0, 0.1) is 6.92 Å². The Kier molecular flexibility index (Phi) is 3.39. The number of amides is 1. The second-order valence-electron chi connectivity index (χ2n) is 4.72. The number of fused-ring (bicyclic) bond motifs is 1. The summed E-state index contributed by atoms with van der Waals surface area (Å²) in [6.07, 6.45) is 0. The number of aromatic nitrogens is 2. The molecule has 0 aliphatic carbocycles. The van der Waals surface area contributed by atoms with Crippen molar-refractivity contribution in [3.8, 4) is 0 Å². The Morgan fingerprint density at radius 1 is 1.33 bits per heavy atom. The minimum Gasteiger partial charge on any atom is -0.398 e. The van der Waals surface area contributed by atoms with Gasteiger partial charge in [-0.3, -0.25) is 10.1 Å². The van der Waals surface area contributed by atoms with Gasteiger partial charge in [0.1, 0.15) is 0 Å². The zero-order chi connectivity index (χ0) is 15.0. The first-order chi connectivity index (χ1) is 10.0. The number of imidazole rings is 1. The molecule has 1 aromatic heterocycles. The first-order valence-electron chi connectivity index (χ1n) is 6.36. The number of para-hydroxylation sites is 2. The van der Waals surface area contributed by atoms with Gasteiger partial charge in [0.15, 0.2) is 0 Å². The van der Waals surface area contributed by atoms with Crippen molar-refractivity contribution in [3.05, 3.63) is 52.0 Å². The molecule has 21 heavy (non-hydrogen) atoms. The number of nitrogens with zero attached hydrogens (tertiary/aromatic N) is 1. The number of hydrogen-bond acceptors (Lipinski definition) is 3. The van der Waals surface area contributed by atoms with Crippen LogP contribution in [0.3, 0.4) is 0 Å². The average Bonchev–Trinajstić information content (AvgIpc) is 2.84. The highest BCUT2D eigenvalue weighted by molar-refractivity contribution is 9.10. The minimum atomic E-state index is -0.250. The van der Waals surface area contributed by atoms with E-state index in [1.165, 1.54) is 0 Å². The van der Waals surface area contributed by atoms with E-state index in [2.05, 4.69) is 31.2 Å². The molecule has 0 saturated heterocycles. The maximum atomic E-state index is 12.4. The molecule has 0 radical (unpaired) electrons. The van der Waals surface area contributed by atoms with E-state index in [0.29, 0.717) is 17.2 Å². The molecule has 4 N–H and O–H groups in total. The zero-order valence-electron chi connectivity index (χ0n) is 11.3. The van der Waals surface area contributed by atoms with Gasteiger partial charge in [-0.15, -0.1) is 0 Å². The largest absolute Gasteiger partial charge is 0.398 e. The molecule has 0 unspecified atom stereocenters. The van der Waals surface area contributed by atoms with E-state index in [9.17, 15) is 4.79 Å². The fourth-order valence-electron chi connectivity index (χ4n) is 2.12. The Balaban J connectivity index is 1.93. The molecule has 3 aromatic rings. The number of carbonyl (C=O) groups is 1. The molecule has 0 bridgehead atoms. The van der Waals surface area contributed by atoms with Crippen molar-refractivity contribution in [2.45, 2.75) is 6.92 Å². The molecule has 0 saturated carbocycles. The van der Waals surface area contributed by atoms with Crippen LogP contribution in [0.4, 0.5) is 11.6 Å². The zero-order valence-corrected chi connectivity index (χ0v) is 12.9. The van der Waals surface area contributed by atoms with E-state index in [1.54, 1.807) is 12.1 Å². The SMILES string of the molecule is Cc1c(N)cc(Br)cc1C(=O)Nc1nc2ccccc2[nH]1. The number of carbonyl (C=O) groups excluding carboxylic acids is 1. The summed E-state index contributed by atoms with van der Waals surface area (Å²) in [5.74, 6) is 0.165. The third-order valence-electron chi connectivity index (χ3n) is 3.28. The van der Waals surface area contributed by atoms with Gasteiger partial charge in [0.25, 0.3) is 5.91 Å². The molecule has 1 amide bonds. The van der Waals surface area contributed by atoms with Crippen LogP contribution in [-0.4, -0.2) is 15.9 Å². The van der Waals surface area contributed by atoms with E-state index < -0.39 is 0 Å². The third kappa shape index (κ3) is 2.62. The summed E-state index contributed by atoms with van der Waals surface area (Å²) in [5, 5.41) is 2.76. The third-order valence-corrected chi connectivity index (χ3v) is 3.74. The summed E-state index contributed by atoms with van der Waals surface area (Å²) in [5.41, 5.74) is 9.38. The molecule has 0 fully saturated rings. The number of benzene rings is 2. The van der Waals surface area contributed by atoms with Crippen molar-refractivity contribution < 1.29 is 4.79 Å². The number of nitrogens with two attached hydrogens (primary N) is 1. The Bertz CT molecular complexity index is 808. The normalized spacial score (nSPS) is 10.8. The van der Waals surface area contributed by atoms with Gasteiger partial charge < -0.3 is 10.7 Å². The van der Waals surface area contributed by atoms with Gasteiger partial charge >= 0.3 is 0 Å². The quantitative estimate of drug-likeness (QED) is 0.622. The number of H-pyrrole nitrogens is 1. The van der Waals surface area contributed by atoms with Crippen LogP contribution in [0.15, 0.2) is 40.9 Å². The van der Waals surface area contributed by atoms with E-state index in [-0.39, 0.29) is 5.91 Å². The number of halogens is 1. The molecule has 106 valence electrons. The molecule has 3 rings (SSSR count). The molecular weight excluding hydrogens is 332 g/mol. The Morgan fingerprint density at radius 2 is 2.10 bits per heavy atom. The maximum Gasteiger partial charge on any atom is 0.258 e. The monoisotopic (exact) mass is 344 g/mol. The van der Waals surface area contributed by atoms with Crippen LogP contribution in [-0.2, 0) is 0 Å². The van der Waals surface area contributed by atoms with Gasteiger partial charge in [-0.05, 0) is 36.8 Å². The summed E-state index contributed by atoms with van der Waals surface area (Å²) < 4.78 is 0.764. The molecule has 0 aliphatic rings. The predicted octanol–water partition coefficient (Wildman–Crippen LogP) is 3.47. The number of rotatable bonds is 2. The highest BCUT2D eigenvalue weighted by atomic mass is 79.9. The molecule has 2 aromatic carbocycles. The summed E-state index contributed by atoms with van der Waals surface area (Å²) in [4.78, 5) is 19.7. The van der Waals surface area contributed by atoms with Gasteiger partial charge in [-0.1, -0.05) is 28.1 Å². The predicted molar refractivity (Wildman–Crippen MR) is 87.3 cm³/mol. The topological polar surface area (TPSA) is 83.8 Å². The van der Waals surface area contributed by atoms with Crippen molar-refractivity contribution in [2.24, 2.45) is 0 Å². The number of hydrogen-bond donors (Lipinski definition) is 3. The molecule has 6 heteroatoms. The first kappa shape index (κ1) is 13.6. The summed E-state index contributed by atoms with van der Waals surface area (Å²) in [6, 6.07) is 11.1. The lowest BCUT2D eigenvalue weighted by Crippen LogP contribution is -2.15. The van der Waals surface area contributed by atoms with E-state index in [1.807, 2.05) is 31.2 Å². The lowest BCUT2D eigenvalue weighted by molar-refractivity contribution is 0.102. The van der Waals surface area contributed by atoms with Gasteiger partial charge in [-0.2, -0.15) is 0 Å². The molecule has 5 nitrogen and oxygen atoms in total. The van der Waals surface area contributed by atoms with Crippen molar-refractivity contribution in [3.63, 3.8) is 0 Å². The van der Waals surface area contributed by atoms with Gasteiger partial charge in [0, 0.05) is 15.7 Å². The number of anilines is 2. The highest BCUT2D eigenvalue weighted by Gasteiger charge is 2.14. The standard InChI is InChI=1S/C15H13BrN4O/c1-8-10(6-9(16)7-11(8)17)14(21)20-15-18-12-4-2-3-5-13(12)19-15/h2-7H,17H2,1H3,(H2,18,19,20,21). The fourth-order valence-corrected chi connectivity index (χ4v) is 2.60. The smallest absolute Gasteiger partial charge is 0.258 e. The number of nitrogens with one attached hydrogen (secondary N) is 2. The molecule has 1 heterocycles. The molecule has 0 aliphatic heterocycles.